The molecular weight excluding hydrogens is 520 g/mol. The number of amidine groups is 1. The third kappa shape index (κ3) is 7.79. The van der Waals surface area contributed by atoms with Crippen LogP contribution in [0.25, 0.3) is 0 Å². The maximum atomic E-state index is 13.9. The number of carbonyl (C=O) groups is 2. The average molecular weight is 543 g/mol. The van der Waals surface area contributed by atoms with Crippen molar-refractivity contribution < 1.29 is 41.0 Å². The molecule has 0 heterocycles. The second-order valence-corrected chi connectivity index (χ2v) is 8.07. The minimum absolute atomic E-state index is 0.171. The van der Waals surface area contributed by atoms with Crippen molar-refractivity contribution in [1.29, 1.82) is 5.41 Å². The van der Waals surface area contributed by atoms with Gasteiger partial charge in [0.05, 0.1) is 23.4 Å². The van der Waals surface area contributed by atoms with Crippen molar-refractivity contribution in [3.63, 3.8) is 0 Å². The Morgan fingerprint density at radius 3 is 2.11 bits per heavy atom. The summed E-state index contributed by atoms with van der Waals surface area (Å²) < 4.78 is 83.4. The fraction of sp³-hybridized carbons (Fsp3) is 0.292. The minimum Gasteiger partial charge on any atom is -0.480 e. The molecule has 14 heteroatoms. The molecule has 0 radical (unpaired) electrons. The van der Waals surface area contributed by atoms with Gasteiger partial charge in [0.15, 0.2) is 0 Å². The molecule has 0 aliphatic heterocycles. The Balaban J connectivity index is 2.52. The van der Waals surface area contributed by atoms with Gasteiger partial charge in [-0.15, -0.1) is 0 Å². The third-order valence-electron chi connectivity index (χ3n) is 4.93. The van der Waals surface area contributed by atoms with E-state index in [9.17, 15) is 35.9 Å². The van der Waals surface area contributed by atoms with E-state index in [1.165, 1.54) is 38.1 Å². The molecule has 0 saturated heterocycles. The van der Waals surface area contributed by atoms with Gasteiger partial charge in [0.2, 0.25) is 0 Å². The zero-order chi connectivity index (χ0) is 28.8. The molecule has 0 saturated carbocycles. The van der Waals surface area contributed by atoms with E-state index in [1.54, 1.807) is 0 Å². The average Bonchev–Trinajstić information content (AvgIpc) is 2.79. The van der Waals surface area contributed by atoms with Crippen LogP contribution < -0.4 is 21.3 Å². The number of nitrogen functional groups attached to an aromatic ring is 1. The number of anilines is 2. The number of benzene rings is 2. The molecule has 2 aromatic rings. The van der Waals surface area contributed by atoms with Crippen LogP contribution >= 0.6 is 0 Å². The predicted octanol–water partition coefficient (Wildman–Crippen LogP) is 4.48. The van der Waals surface area contributed by atoms with Crippen molar-refractivity contribution in [3.05, 3.63) is 58.7 Å². The van der Waals surface area contributed by atoms with E-state index in [0.717, 1.165) is 0 Å². The molecule has 2 aromatic carbocycles. The summed E-state index contributed by atoms with van der Waals surface area (Å²) >= 11 is 0. The van der Waals surface area contributed by atoms with E-state index in [4.69, 9.17) is 16.2 Å². The van der Waals surface area contributed by atoms with Crippen molar-refractivity contribution >= 4 is 29.2 Å². The number of hydrogen-bond acceptors (Lipinski definition) is 4. The number of rotatable bonds is 7. The fourth-order valence-corrected chi connectivity index (χ4v) is 3.26. The SMILES string of the molecule is CC(C)N(C(=O)NCC(=O)O)c1cc(C(F)(F)F)c(C#CCNc2ccc(C(=N)N)cc2)cc1C(F)(F)F. The van der Waals surface area contributed by atoms with Crippen LogP contribution in [-0.4, -0.2) is 42.1 Å². The molecule has 0 bridgehead atoms. The van der Waals surface area contributed by atoms with Crippen LogP contribution in [0, 0.1) is 17.3 Å². The fourth-order valence-electron chi connectivity index (χ4n) is 3.26. The number of alkyl halides is 6. The van der Waals surface area contributed by atoms with Gasteiger partial charge in [-0.05, 0) is 50.2 Å². The highest BCUT2D eigenvalue weighted by Crippen LogP contribution is 2.42. The van der Waals surface area contributed by atoms with Crippen LogP contribution in [0.5, 0.6) is 0 Å². The monoisotopic (exact) mass is 543 g/mol. The van der Waals surface area contributed by atoms with E-state index in [1.807, 2.05) is 5.32 Å². The molecule has 204 valence electrons. The van der Waals surface area contributed by atoms with E-state index in [-0.39, 0.29) is 24.5 Å². The maximum absolute atomic E-state index is 13.9. The standard InChI is InChI=1S/C24H23F6N5O3/c1-13(2)35(22(38)34-12-20(36)37)19-11-17(23(25,26)27)15(10-18(19)24(28,29)30)4-3-9-33-16-7-5-14(6-8-16)21(31)32/h5-8,10-11,13,33H,9,12H2,1-2H3,(H3,31,32)(H,34,38)(H,36,37). The Hall–Kier alpha value is -4.41. The number of carboxylic acids is 1. The number of amides is 2. The number of hydrogen-bond donors (Lipinski definition) is 5. The Labute approximate surface area is 213 Å². The molecule has 0 aromatic heterocycles. The van der Waals surface area contributed by atoms with Gasteiger partial charge >= 0.3 is 24.4 Å². The lowest BCUT2D eigenvalue weighted by atomic mass is 9.99. The zero-order valence-corrected chi connectivity index (χ0v) is 20.0. The van der Waals surface area contributed by atoms with E-state index < -0.39 is 59.3 Å². The van der Waals surface area contributed by atoms with Crippen LogP contribution in [0.15, 0.2) is 36.4 Å². The van der Waals surface area contributed by atoms with Crippen molar-refractivity contribution in [1.82, 2.24) is 5.32 Å². The molecule has 2 rings (SSSR count). The third-order valence-corrected chi connectivity index (χ3v) is 4.93. The van der Waals surface area contributed by atoms with Crippen molar-refractivity contribution in [2.24, 2.45) is 5.73 Å². The number of aliphatic carboxylic acids is 1. The summed E-state index contributed by atoms with van der Waals surface area (Å²) in [6.45, 7) is 1.34. The summed E-state index contributed by atoms with van der Waals surface area (Å²) in [5, 5.41) is 20.7. The summed E-state index contributed by atoms with van der Waals surface area (Å²) in [6, 6.07) is 4.11. The quantitative estimate of drug-likeness (QED) is 0.152. The van der Waals surface area contributed by atoms with Crippen LogP contribution in [0.3, 0.4) is 0 Å². The first-order valence-electron chi connectivity index (χ1n) is 10.8. The van der Waals surface area contributed by atoms with Crippen LogP contribution in [0.1, 0.15) is 36.1 Å². The molecule has 2 amide bonds. The molecule has 0 atom stereocenters. The number of carbonyl (C=O) groups excluding carboxylic acids is 1. The highest BCUT2D eigenvalue weighted by molar-refractivity contribution is 5.96. The first kappa shape index (κ1) is 29.8. The normalized spacial score (nSPS) is 11.4. The van der Waals surface area contributed by atoms with Gasteiger partial charge in [-0.3, -0.25) is 15.1 Å². The highest BCUT2D eigenvalue weighted by Gasteiger charge is 2.41. The summed E-state index contributed by atoms with van der Waals surface area (Å²) in [5.41, 5.74) is 1.14. The lowest BCUT2D eigenvalue weighted by molar-refractivity contribution is -0.141. The molecule has 0 aliphatic carbocycles. The van der Waals surface area contributed by atoms with Crippen molar-refractivity contribution in [2.45, 2.75) is 32.2 Å². The smallest absolute Gasteiger partial charge is 0.418 e. The minimum atomic E-state index is -5.17. The number of carboxylic acid groups (broad SMARTS) is 1. The molecule has 0 unspecified atom stereocenters. The molecule has 0 aliphatic rings. The molecular formula is C24H23F6N5O3. The number of nitrogens with two attached hydrogens (primary N) is 1. The van der Waals surface area contributed by atoms with Gasteiger partial charge < -0.3 is 21.5 Å². The summed E-state index contributed by atoms with van der Waals surface area (Å²) in [4.78, 5) is 23.6. The van der Waals surface area contributed by atoms with Crippen LogP contribution in [0.2, 0.25) is 0 Å². The molecule has 0 spiro atoms. The van der Waals surface area contributed by atoms with Crippen LogP contribution in [0.4, 0.5) is 42.5 Å². The molecule has 6 N–H and O–H groups in total. The van der Waals surface area contributed by atoms with Gasteiger partial charge in [-0.2, -0.15) is 26.3 Å². The van der Waals surface area contributed by atoms with Gasteiger partial charge in [0.25, 0.3) is 0 Å². The Morgan fingerprint density at radius 2 is 1.63 bits per heavy atom. The highest BCUT2D eigenvalue weighted by atomic mass is 19.4. The summed E-state index contributed by atoms with van der Waals surface area (Å²) in [5.74, 6) is 2.80. The molecule has 0 fully saturated rings. The zero-order valence-electron chi connectivity index (χ0n) is 20.0. The predicted molar refractivity (Wildman–Crippen MR) is 128 cm³/mol. The van der Waals surface area contributed by atoms with Crippen molar-refractivity contribution in [2.75, 3.05) is 23.3 Å². The van der Waals surface area contributed by atoms with Crippen LogP contribution in [-0.2, 0) is 17.1 Å². The Bertz CT molecular complexity index is 1260. The van der Waals surface area contributed by atoms with E-state index in [0.29, 0.717) is 16.2 Å². The van der Waals surface area contributed by atoms with Gasteiger partial charge in [0, 0.05) is 22.9 Å². The number of nitrogens with zero attached hydrogens (tertiary/aromatic N) is 1. The molecule has 38 heavy (non-hydrogen) atoms. The topological polar surface area (TPSA) is 132 Å². The largest absolute Gasteiger partial charge is 0.480 e. The summed E-state index contributed by atoms with van der Waals surface area (Å²) in [6.07, 6.45) is -10.3. The lowest BCUT2D eigenvalue weighted by Crippen LogP contribution is -2.46. The Kier molecular flexibility index (Phi) is 9.23. The van der Waals surface area contributed by atoms with Crippen molar-refractivity contribution in [3.8, 4) is 11.8 Å². The number of urea groups is 1. The van der Waals surface area contributed by atoms with Gasteiger partial charge in [-0.25, -0.2) is 4.79 Å². The second kappa shape index (κ2) is 11.8. The first-order chi connectivity index (χ1) is 17.5. The maximum Gasteiger partial charge on any atom is 0.418 e. The number of nitrogens with one attached hydrogen (secondary N) is 3. The Morgan fingerprint density at radius 1 is 1.05 bits per heavy atom. The van der Waals surface area contributed by atoms with Gasteiger partial charge in [0.1, 0.15) is 12.4 Å². The molecule has 8 nitrogen and oxygen atoms in total. The summed E-state index contributed by atoms with van der Waals surface area (Å²) in [7, 11) is 0. The van der Waals surface area contributed by atoms with E-state index in [2.05, 4.69) is 17.2 Å². The lowest BCUT2D eigenvalue weighted by Gasteiger charge is -2.30. The number of halogens is 6. The second-order valence-electron chi connectivity index (χ2n) is 8.07. The van der Waals surface area contributed by atoms with E-state index >= 15 is 0 Å². The van der Waals surface area contributed by atoms with Gasteiger partial charge in [-0.1, -0.05) is 11.8 Å². The first-order valence-corrected chi connectivity index (χ1v) is 10.8.